The Morgan fingerprint density at radius 2 is 2.43 bits per heavy atom. The largest absolute Gasteiger partial charge is 0.481 e. The van der Waals surface area contributed by atoms with Crippen molar-refractivity contribution in [1.29, 1.82) is 0 Å². The third-order valence-corrected chi connectivity index (χ3v) is 4.55. The second kappa shape index (κ2) is 5.69. The van der Waals surface area contributed by atoms with E-state index in [0.29, 0.717) is 18.8 Å². The number of carbonyl (C=O) groups is 1. The molecular formula is C14H15N3O3S. The van der Waals surface area contributed by atoms with E-state index in [1.807, 2.05) is 6.07 Å². The molecule has 0 fully saturated rings. The molecule has 0 amide bonds. The SMILES string of the molecule is COc1ccc(CNc2nc3c(s2)CCC3C(=O)O)cn1. The third-order valence-electron chi connectivity index (χ3n) is 3.47. The first-order valence-corrected chi connectivity index (χ1v) is 7.44. The van der Waals surface area contributed by atoms with Gasteiger partial charge in [0.05, 0.1) is 12.8 Å². The standard InChI is InChI=1S/C14H15N3O3S/c1-20-11-5-2-8(6-15-11)7-16-14-17-12-9(13(18)19)3-4-10(12)21-14/h2,5-6,9H,3-4,7H2,1H3,(H,16,17)(H,18,19). The Labute approximate surface area is 125 Å². The third kappa shape index (κ3) is 2.82. The summed E-state index contributed by atoms with van der Waals surface area (Å²) in [5, 5.41) is 13.1. The van der Waals surface area contributed by atoms with Gasteiger partial charge in [-0.3, -0.25) is 4.79 Å². The maximum Gasteiger partial charge on any atom is 0.312 e. The van der Waals surface area contributed by atoms with Crippen LogP contribution in [0.4, 0.5) is 5.13 Å². The Kier molecular flexibility index (Phi) is 3.74. The maximum absolute atomic E-state index is 11.1. The monoisotopic (exact) mass is 305 g/mol. The number of pyridine rings is 1. The minimum absolute atomic E-state index is 0.450. The van der Waals surface area contributed by atoms with E-state index in [0.717, 1.165) is 27.7 Å². The molecule has 0 radical (unpaired) electrons. The van der Waals surface area contributed by atoms with Gasteiger partial charge in [0.15, 0.2) is 5.13 Å². The highest BCUT2D eigenvalue weighted by Crippen LogP contribution is 2.38. The van der Waals surface area contributed by atoms with Crippen molar-refractivity contribution < 1.29 is 14.6 Å². The summed E-state index contributed by atoms with van der Waals surface area (Å²) in [5.41, 5.74) is 1.74. The highest BCUT2D eigenvalue weighted by atomic mass is 32.1. The van der Waals surface area contributed by atoms with Crippen molar-refractivity contribution in [3.63, 3.8) is 0 Å². The number of hydrogen-bond acceptors (Lipinski definition) is 6. The summed E-state index contributed by atoms with van der Waals surface area (Å²) in [4.78, 5) is 20.8. The number of fused-ring (bicyclic) bond motifs is 1. The molecule has 1 aliphatic carbocycles. The average molecular weight is 305 g/mol. The molecule has 1 unspecified atom stereocenters. The summed E-state index contributed by atoms with van der Waals surface area (Å²) in [6.45, 7) is 0.598. The number of aliphatic carboxylic acids is 1. The molecule has 6 nitrogen and oxygen atoms in total. The van der Waals surface area contributed by atoms with Crippen LogP contribution in [0.1, 0.15) is 28.5 Å². The lowest BCUT2D eigenvalue weighted by Crippen LogP contribution is -2.09. The zero-order chi connectivity index (χ0) is 14.8. The Morgan fingerprint density at radius 1 is 1.57 bits per heavy atom. The van der Waals surface area contributed by atoms with Crippen LogP contribution < -0.4 is 10.1 Å². The van der Waals surface area contributed by atoms with Crippen molar-refractivity contribution >= 4 is 22.4 Å². The van der Waals surface area contributed by atoms with Crippen LogP contribution in [0.2, 0.25) is 0 Å². The Balaban J connectivity index is 1.66. The normalized spacial score (nSPS) is 16.5. The van der Waals surface area contributed by atoms with Gasteiger partial charge in [-0.15, -0.1) is 11.3 Å². The number of carboxylic acid groups (broad SMARTS) is 1. The van der Waals surface area contributed by atoms with E-state index >= 15 is 0 Å². The van der Waals surface area contributed by atoms with Crippen molar-refractivity contribution in [1.82, 2.24) is 9.97 Å². The van der Waals surface area contributed by atoms with Crippen molar-refractivity contribution in [3.8, 4) is 5.88 Å². The predicted octanol–water partition coefficient (Wildman–Crippen LogP) is 2.27. The first-order valence-electron chi connectivity index (χ1n) is 6.62. The number of nitrogens with one attached hydrogen (secondary N) is 1. The lowest BCUT2D eigenvalue weighted by molar-refractivity contribution is -0.138. The predicted molar refractivity (Wildman–Crippen MR) is 78.9 cm³/mol. The quantitative estimate of drug-likeness (QED) is 0.881. The minimum atomic E-state index is -0.787. The Morgan fingerprint density at radius 3 is 3.10 bits per heavy atom. The molecule has 110 valence electrons. The number of rotatable bonds is 5. The molecule has 0 saturated carbocycles. The number of thiazole rings is 1. The van der Waals surface area contributed by atoms with Crippen LogP contribution in [0.25, 0.3) is 0 Å². The summed E-state index contributed by atoms with van der Waals surface area (Å²) in [5.74, 6) is -0.657. The number of methoxy groups -OCH3 is 1. The number of aryl methyl sites for hydroxylation is 1. The van der Waals surface area contributed by atoms with Crippen molar-refractivity contribution in [2.75, 3.05) is 12.4 Å². The highest BCUT2D eigenvalue weighted by molar-refractivity contribution is 7.15. The van der Waals surface area contributed by atoms with E-state index in [4.69, 9.17) is 9.84 Å². The Hall–Kier alpha value is -2.15. The molecule has 2 heterocycles. The van der Waals surface area contributed by atoms with Gasteiger partial charge in [0.2, 0.25) is 5.88 Å². The zero-order valence-corrected chi connectivity index (χ0v) is 12.3. The molecule has 2 aromatic rings. The van der Waals surface area contributed by atoms with Gasteiger partial charge >= 0.3 is 5.97 Å². The first kappa shape index (κ1) is 13.8. The van der Waals surface area contributed by atoms with Crippen molar-refractivity contribution in [3.05, 3.63) is 34.5 Å². The van der Waals surface area contributed by atoms with Crippen LogP contribution in [0.3, 0.4) is 0 Å². The van der Waals surface area contributed by atoms with Crippen molar-refractivity contribution in [2.24, 2.45) is 0 Å². The molecule has 3 rings (SSSR count). The Bertz CT molecular complexity index is 654. The fraction of sp³-hybridized carbons (Fsp3) is 0.357. The van der Waals surface area contributed by atoms with Crippen LogP contribution in [0.5, 0.6) is 5.88 Å². The molecule has 0 bridgehead atoms. The molecule has 2 N–H and O–H groups in total. The fourth-order valence-corrected chi connectivity index (χ4v) is 3.39. The second-order valence-corrected chi connectivity index (χ2v) is 5.90. The summed E-state index contributed by atoms with van der Waals surface area (Å²) in [6, 6.07) is 3.74. The van der Waals surface area contributed by atoms with Gasteiger partial charge in [0, 0.05) is 23.7 Å². The van der Waals surface area contributed by atoms with Gasteiger partial charge < -0.3 is 15.2 Å². The zero-order valence-electron chi connectivity index (χ0n) is 11.5. The number of nitrogens with zero attached hydrogens (tertiary/aromatic N) is 2. The number of hydrogen-bond donors (Lipinski definition) is 2. The first-order chi connectivity index (χ1) is 10.2. The molecule has 1 atom stereocenters. The van der Waals surface area contributed by atoms with Gasteiger partial charge in [-0.2, -0.15) is 0 Å². The molecule has 0 spiro atoms. The van der Waals surface area contributed by atoms with E-state index in [1.54, 1.807) is 19.4 Å². The number of ether oxygens (including phenoxy) is 1. The lowest BCUT2D eigenvalue weighted by Gasteiger charge is -2.05. The second-order valence-electron chi connectivity index (χ2n) is 4.82. The van der Waals surface area contributed by atoms with Gasteiger partial charge in [-0.25, -0.2) is 9.97 Å². The van der Waals surface area contributed by atoms with Crippen LogP contribution >= 0.6 is 11.3 Å². The van der Waals surface area contributed by atoms with Gasteiger partial charge in [0.1, 0.15) is 5.92 Å². The lowest BCUT2D eigenvalue weighted by atomic mass is 10.1. The summed E-state index contributed by atoms with van der Waals surface area (Å²) in [6.07, 6.45) is 3.20. The average Bonchev–Trinajstić information content (AvgIpc) is 3.05. The number of anilines is 1. The molecule has 0 aliphatic heterocycles. The smallest absolute Gasteiger partial charge is 0.312 e. The molecular weight excluding hydrogens is 290 g/mol. The van der Waals surface area contributed by atoms with Crippen LogP contribution in [-0.2, 0) is 17.8 Å². The fourth-order valence-electron chi connectivity index (χ4n) is 2.36. The molecule has 0 aromatic carbocycles. The summed E-state index contributed by atoms with van der Waals surface area (Å²) < 4.78 is 5.01. The molecule has 7 heteroatoms. The van der Waals surface area contributed by atoms with E-state index in [1.165, 1.54) is 11.3 Å². The number of aromatic nitrogens is 2. The van der Waals surface area contributed by atoms with Crippen LogP contribution in [-0.4, -0.2) is 28.2 Å². The van der Waals surface area contributed by atoms with Gasteiger partial charge in [-0.1, -0.05) is 6.07 Å². The van der Waals surface area contributed by atoms with E-state index in [9.17, 15) is 4.79 Å². The molecule has 2 aromatic heterocycles. The van der Waals surface area contributed by atoms with E-state index in [2.05, 4.69) is 15.3 Å². The topological polar surface area (TPSA) is 84.3 Å². The van der Waals surface area contributed by atoms with Crippen LogP contribution in [0.15, 0.2) is 18.3 Å². The van der Waals surface area contributed by atoms with E-state index < -0.39 is 11.9 Å². The van der Waals surface area contributed by atoms with Gasteiger partial charge in [0.25, 0.3) is 0 Å². The van der Waals surface area contributed by atoms with Gasteiger partial charge in [-0.05, 0) is 18.4 Å². The number of carboxylic acids is 1. The molecule has 0 saturated heterocycles. The van der Waals surface area contributed by atoms with Crippen LogP contribution in [0, 0.1) is 0 Å². The maximum atomic E-state index is 11.1. The van der Waals surface area contributed by atoms with Crippen molar-refractivity contribution in [2.45, 2.75) is 25.3 Å². The summed E-state index contributed by atoms with van der Waals surface area (Å²) in [7, 11) is 1.58. The van der Waals surface area contributed by atoms with E-state index in [-0.39, 0.29) is 0 Å². The molecule has 1 aliphatic rings. The minimum Gasteiger partial charge on any atom is -0.481 e. The molecule has 21 heavy (non-hydrogen) atoms. The summed E-state index contributed by atoms with van der Waals surface area (Å²) >= 11 is 1.54. The highest BCUT2D eigenvalue weighted by Gasteiger charge is 2.32.